The summed E-state index contributed by atoms with van der Waals surface area (Å²) in [6.45, 7) is 3.99. The zero-order valence-electron chi connectivity index (χ0n) is 11.1. The van der Waals surface area contributed by atoms with Crippen LogP contribution in [0.5, 0.6) is 0 Å². The van der Waals surface area contributed by atoms with E-state index in [4.69, 9.17) is 15.2 Å². The molecule has 0 bridgehead atoms. The molecular formula is C14H18BrNO3. The van der Waals surface area contributed by atoms with Gasteiger partial charge in [-0.3, -0.25) is 0 Å². The van der Waals surface area contributed by atoms with Gasteiger partial charge in [0.25, 0.3) is 0 Å². The van der Waals surface area contributed by atoms with E-state index in [-0.39, 0.29) is 24.3 Å². The number of nitrogen functional groups attached to an aromatic ring is 1. The van der Waals surface area contributed by atoms with E-state index < -0.39 is 0 Å². The van der Waals surface area contributed by atoms with Gasteiger partial charge < -0.3 is 15.2 Å². The second kappa shape index (κ2) is 5.92. The van der Waals surface area contributed by atoms with Crippen molar-refractivity contribution >= 4 is 27.6 Å². The van der Waals surface area contributed by atoms with Gasteiger partial charge in [0.05, 0.1) is 17.8 Å². The molecular weight excluding hydrogens is 310 g/mol. The summed E-state index contributed by atoms with van der Waals surface area (Å²) in [4.78, 5) is 12.2. The van der Waals surface area contributed by atoms with Crippen molar-refractivity contribution in [3.05, 3.63) is 28.2 Å². The van der Waals surface area contributed by atoms with E-state index in [0.29, 0.717) is 15.7 Å². The molecule has 1 aromatic carbocycles. The largest absolute Gasteiger partial charge is 0.459 e. The lowest BCUT2D eigenvalue weighted by molar-refractivity contribution is -0.0855. The summed E-state index contributed by atoms with van der Waals surface area (Å²) in [5, 5.41) is 0. The van der Waals surface area contributed by atoms with Gasteiger partial charge in [-0.1, -0.05) is 0 Å². The van der Waals surface area contributed by atoms with Crippen LogP contribution in [0.3, 0.4) is 0 Å². The lowest BCUT2D eigenvalue weighted by atomic mass is 10.0. The molecule has 0 saturated carbocycles. The minimum absolute atomic E-state index is 0.0976. The molecule has 5 heteroatoms. The van der Waals surface area contributed by atoms with Crippen LogP contribution in [0.15, 0.2) is 22.7 Å². The molecule has 0 aromatic heterocycles. The maximum absolute atomic E-state index is 12.2. The molecule has 2 unspecified atom stereocenters. The first-order valence-electron chi connectivity index (χ1n) is 6.37. The van der Waals surface area contributed by atoms with Crippen molar-refractivity contribution in [2.75, 3.05) is 5.73 Å². The molecule has 1 aliphatic heterocycles. The van der Waals surface area contributed by atoms with E-state index in [0.717, 1.165) is 12.8 Å². The number of ether oxygens (including phenoxy) is 2. The van der Waals surface area contributed by atoms with E-state index in [9.17, 15) is 4.79 Å². The Morgan fingerprint density at radius 3 is 2.63 bits per heavy atom. The van der Waals surface area contributed by atoms with Crippen molar-refractivity contribution in [2.24, 2.45) is 0 Å². The molecule has 1 aromatic rings. The van der Waals surface area contributed by atoms with Crippen molar-refractivity contribution in [2.45, 2.75) is 45.0 Å². The van der Waals surface area contributed by atoms with Crippen LogP contribution in [0, 0.1) is 0 Å². The predicted octanol–water partition coefficient (Wildman–Crippen LogP) is 3.14. The Bertz CT molecular complexity index is 468. The molecule has 104 valence electrons. The van der Waals surface area contributed by atoms with Crippen LogP contribution >= 0.6 is 15.9 Å². The highest BCUT2D eigenvalue weighted by Gasteiger charge is 2.28. The Morgan fingerprint density at radius 1 is 1.37 bits per heavy atom. The average molecular weight is 328 g/mol. The number of nitrogens with two attached hydrogens (primary N) is 1. The third-order valence-electron chi connectivity index (χ3n) is 3.14. The number of esters is 1. The first kappa shape index (κ1) is 14.3. The molecule has 1 fully saturated rings. The number of rotatable bonds is 2. The first-order valence-corrected chi connectivity index (χ1v) is 7.16. The van der Waals surface area contributed by atoms with Gasteiger partial charge in [-0.2, -0.15) is 0 Å². The highest BCUT2D eigenvalue weighted by molar-refractivity contribution is 9.10. The molecule has 0 spiro atoms. The maximum atomic E-state index is 12.2. The van der Waals surface area contributed by atoms with Crippen LogP contribution in [0.25, 0.3) is 0 Å². The summed E-state index contributed by atoms with van der Waals surface area (Å²) in [6.07, 6.45) is 1.60. The van der Waals surface area contributed by atoms with Gasteiger partial charge in [-0.05, 0) is 48.0 Å². The Balaban J connectivity index is 2.06. The van der Waals surface area contributed by atoms with Crippen LogP contribution in [-0.4, -0.2) is 24.3 Å². The van der Waals surface area contributed by atoms with E-state index in [2.05, 4.69) is 15.9 Å². The quantitative estimate of drug-likeness (QED) is 0.669. The lowest BCUT2D eigenvalue weighted by Crippen LogP contribution is -2.35. The van der Waals surface area contributed by atoms with Crippen molar-refractivity contribution in [1.29, 1.82) is 0 Å². The summed E-state index contributed by atoms with van der Waals surface area (Å²) >= 11 is 3.34. The summed E-state index contributed by atoms with van der Waals surface area (Å²) in [7, 11) is 0. The predicted molar refractivity (Wildman–Crippen MR) is 77.0 cm³/mol. The topological polar surface area (TPSA) is 61.5 Å². The van der Waals surface area contributed by atoms with Gasteiger partial charge in [-0.15, -0.1) is 0 Å². The molecule has 0 amide bonds. The van der Waals surface area contributed by atoms with Crippen LogP contribution in [0.4, 0.5) is 5.69 Å². The molecule has 1 aliphatic rings. The third kappa shape index (κ3) is 3.70. The minimum atomic E-state index is -0.342. The number of carbonyl (C=O) groups excluding carboxylic acids is 1. The number of hydrogen-bond donors (Lipinski definition) is 1. The highest BCUT2D eigenvalue weighted by atomic mass is 79.9. The van der Waals surface area contributed by atoms with Crippen molar-refractivity contribution in [3.63, 3.8) is 0 Å². The van der Waals surface area contributed by atoms with Gasteiger partial charge >= 0.3 is 5.97 Å². The second-order valence-electron chi connectivity index (χ2n) is 5.00. The zero-order chi connectivity index (χ0) is 14.0. The molecule has 1 saturated heterocycles. The smallest absolute Gasteiger partial charge is 0.339 e. The second-order valence-corrected chi connectivity index (χ2v) is 5.85. The fourth-order valence-corrected chi connectivity index (χ4v) is 2.76. The van der Waals surface area contributed by atoms with Gasteiger partial charge in [0, 0.05) is 23.0 Å². The first-order chi connectivity index (χ1) is 8.95. The van der Waals surface area contributed by atoms with Crippen molar-refractivity contribution in [3.8, 4) is 0 Å². The van der Waals surface area contributed by atoms with Gasteiger partial charge in [0.2, 0.25) is 0 Å². The fraction of sp³-hybridized carbons (Fsp3) is 0.500. The number of hydrogen-bond acceptors (Lipinski definition) is 4. The molecule has 2 rings (SSSR count). The van der Waals surface area contributed by atoms with E-state index >= 15 is 0 Å². The lowest BCUT2D eigenvalue weighted by Gasteiger charge is -2.31. The fourth-order valence-electron chi connectivity index (χ4n) is 2.35. The Labute approximate surface area is 121 Å². The van der Waals surface area contributed by atoms with E-state index in [1.54, 1.807) is 18.2 Å². The molecule has 19 heavy (non-hydrogen) atoms. The summed E-state index contributed by atoms with van der Waals surface area (Å²) < 4.78 is 11.9. The molecule has 0 radical (unpaired) electrons. The van der Waals surface area contributed by atoms with Crippen LogP contribution in [0.1, 0.15) is 37.0 Å². The monoisotopic (exact) mass is 327 g/mol. The zero-order valence-corrected chi connectivity index (χ0v) is 12.6. The number of anilines is 1. The summed E-state index contributed by atoms with van der Waals surface area (Å²) in [6, 6.07) is 5.11. The standard InChI is InChI=1S/C14H18BrNO3/c1-8-5-11(6-9(2)18-8)19-14(17)12-7-10(16)3-4-13(12)15/h3-4,7-9,11H,5-6,16H2,1-2H3. The Kier molecular flexibility index (Phi) is 4.47. The molecule has 0 aliphatic carbocycles. The van der Waals surface area contributed by atoms with Gasteiger partial charge in [0.15, 0.2) is 0 Å². The minimum Gasteiger partial charge on any atom is -0.459 e. The van der Waals surface area contributed by atoms with Crippen LogP contribution in [0.2, 0.25) is 0 Å². The number of carbonyl (C=O) groups is 1. The normalized spacial score (nSPS) is 27.0. The van der Waals surface area contributed by atoms with Gasteiger partial charge in [0.1, 0.15) is 6.10 Å². The Morgan fingerprint density at radius 2 is 2.00 bits per heavy atom. The average Bonchev–Trinajstić information content (AvgIpc) is 2.30. The maximum Gasteiger partial charge on any atom is 0.339 e. The summed E-state index contributed by atoms with van der Waals surface area (Å²) in [5.41, 5.74) is 6.70. The molecule has 2 N–H and O–H groups in total. The van der Waals surface area contributed by atoms with E-state index in [1.165, 1.54) is 0 Å². The molecule has 4 nitrogen and oxygen atoms in total. The van der Waals surface area contributed by atoms with Crippen LogP contribution in [-0.2, 0) is 9.47 Å². The van der Waals surface area contributed by atoms with Crippen molar-refractivity contribution in [1.82, 2.24) is 0 Å². The van der Waals surface area contributed by atoms with E-state index in [1.807, 2.05) is 13.8 Å². The number of halogens is 1. The van der Waals surface area contributed by atoms with Crippen molar-refractivity contribution < 1.29 is 14.3 Å². The molecule has 1 heterocycles. The summed E-state index contributed by atoms with van der Waals surface area (Å²) in [5.74, 6) is -0.342. The SMILES string of the molecule is CC1CC(OC(=O)c2cc(N)ccc2Br)CC(C)O1. The third-order valence-corrected chi connectivity index (χ3v) is 3.83. The highest BCUT2D eigenvalue weighted by Crippen LogP contribution is 2.25. The van der Waals surface area contributed by atoms with Gasteiger partial charge in [-0.25, -0.2) is 4.79 Å². The van der Waals surface area contributed by atoms with Crippen LogP contribution < -0.4 is 5.73 Å². The Hall–Kier alpha value is -1.07. The number of benzene rings is 1. The molecule has 2 atom stereocenters.